The first kappa shape index (κ1) is 14.7. The van der Waals surface area contributed by atoms with E-state index in [2.05, 4.69) is 0 Å². The summed E-state index contributed by atoms with van der Waals surface area (Å²) in [6.07, 6.45) is 0.278. The molecule has 1 aliphatic rings. The number of anilines is 1. The molecule has 1 heterocycles. The molecule has 110 valence electrons. The molecule has 8 heteroatoms. The number of rotatable bonds is 1. The summed E-state index contributed by atoms with van der Waals surface area (Å²) in [5, 5.41) is 0. The number of halogens is 2. The van der Waals surface area contributed by atoms with Crippen LogP contribution >= 0.6 is 0 Å². The van der Waals surface area contributed by atoms with Crippen molar-refractivity contribution in [2.75, 3.05) is 30.3 Å². The molecular formula is C12H14F2N2O3S. The molecule has 2 N–H and O–H groups in total. The van der Waals surface area contributed by atoms with E-state index < -0.39 is 38.6 Å². The van der Waals surface area contributed by atoms with Crippen LogP contribution in [-0.2, 0) is 9.84 Å². The predicted molar refractivity (Wildman–Crippen MR) is 69.9 cm³/mol. The Morgan fingerprint density at radius 3 is 2.60 bits per heavy atom. The molecule has 1 saturated heterocycles. The van der Waals surface area contributed by atoms with E-state index >= 15 is 0 Å². The van der Waals surface area contributed by atoms with Gasteiger partial charge in [0.25, 0.3) is 5.91 Å². The number of nitrogen functional groups attached to an aromatic ring is 1. The van der Waals surface area contributed by atoms with Crippen molar-refractivity contribution in [2.45, 2.75) is 6.42 Å². The van der Waals surface area contributed by atoms with E-state index in [0.29, 0.717) is 0 Å². The molecule has 5 nitrogen and oxygen atoms in total. The number of carbonyl (C=O) groups is 1. The lowest BCUT2D eigenvalue weighted by atomic mass is 10.1. The van der Waals surface area contributed by atoms with Gasteiger partial charge in [-0.25, -0.2) is 17.2 Å². The molecule has 0 aliphatic carbocycles. The Morgan fingerprint density at radius 2 is 1.90 bits per heavy atom. The molecular weight excluding hydrogens is 290 g/mol. The topological polar surface area (TPSA) is 80.5 Å². The molecule has 0 bridgehead atoms. The molecule has 1 aromatic carbocycles. The van der Waals surface area contributed by atoms with Crippen molar-refractivity contribution in [3.05, 3.63) is 29.3 Å². The number of benzene rings is 1. The fraction of sp³-hybridized carbons (Fsp3) is 0.417. The van der Waals surface area contributed by atoms with Gasteiger partial charge < -0.3 is 10.6 Å². The van der Waals surface area contributed by atoms with Crippen LogP contribution in [0.2, 0.25) is 0 Å². The Bertz CT molecular complexity index is 646. The van der Waals surface area contributed by atoms with Crippen molar-refractivity contribution < 1.29 is 22.0 Å². The van der Waals surface area contributed by atoms with Crippen molar-refractivity contribution in [1.82, 2.24) is 4.90 Å². The third kappa shape index (κ3) is 3.06. The fourth-order valence-corrected chi connectivity index (χ4v) is 3.35. The highest BCUT2D eigenvalue weighted by molar-refractivity contribution is 7.91. The first-order valence-corrected chi connectivity index (χ1v) is 7.86. The van der Waals surface area contributed by atoms with Gasteiger partial charge in [0.2, 0.25) is 0 Å². The zero-order chi connectivity index (χ0) is 14.9. The fourth-order valence-electron chi connectivity index (χ4n) is 2.08. The molecule has 0 atom stereocenters. The lowest BCUT2D eigenvalue weighted by Crippen LogP contribution is -2.34. The van der Waals surface area contributed by atoms with E-state index in [1.54, 1.807) is 0 Å². The molecule has 20 heavy (non-hydrogen) atoms. The normalized spacial score (nSPS) is 18.6. The smallest absolute Gasteiger partial charge is 0.257 e. The van der Waals surface area contributed by atoms with Gasteiger partial charge >= 0.3 is 0 Å². The zero-order valence-electron chi connectivity index (χ0n) is 10.6. The van der Waals surface area contributed by atoms with Crippen molar-refractivity contribution >= 4 is 21.4 Å². The second-order valence-corrected chi connectivity index (χ2v) is 6.96. The molecule has 1 aromatic rings. The van der Waals surface area contributed by atoms with Crippen LogP contribution in [-0.4, -0.2) is 43.8 Å². The number of carbonyl (C=O) groups excluding carboxylic acids is 1. The minimum Gasteiger partial charge on any atom is -0.396 e. The first-order valence-electron chi connectivity index (χ1n) is 6.04. The summed E-state index contributed by atoms with van der Waals surface area (Å²) >= 11 is 0. The zero-order valence-corrected chi connectivity index (χ0v) is 11.4. The van der Waals surface area contributed by atoms with E-state index in [1.165, 1.54) is 4.90 Å². The van der Waals surface area contributed by atoms with Crippen molar-refractivity contribution in [1.29, 1.82) is 0 Å². The standard InChI is InChI=1S/C12H14F2N2O3S/c13-8-6-9(11(14)10(15)7-8)12(17)16-2-1-4-20(18,19)5-3-16/h6-7H,1-5,15H2. The lowest BCUT2D eigenvalue weighted by Gasteiger charge is -2.20. The predicted octanol–water partition coefficient (Wildman–Crippen LogP) is 0.808. The largest absolute Gasteiger partial charge is 0.396 e. The van der Waals surface area contributed by atoms with E-state index in [1.807, 2.05) is 0 Å². The average molecular weight is 304 g/mol. The van der Waals surface area contributed by atoms with Gasteiger partial charge in [0.05, 0.1) is 22.8 Å². The van der Waals surface area contributed by atoms with Crippen LogP contribution in [0.15, 0.2) is 12.1 Å². The third-order valence-electron chi connectivity index (χ3n) is 3.14. The Balaban J connectivity index is 2.28. The minimum atomic E-state index is -3.18. The van der Waals surface area contributed by atoms with Gasteiger partial charge in [0, 0.05) is 13.1 Å². The SMILES string of the molecule is Nc1cc(F)cc(C(=O)N2CCCS(=O)(=O)CC2)c1F. The molecule has 0 aromatic heterocycles. The molecule has 0 radical (unpaired) electrons. The highest BCUT2D eigenvalue weighted by Gasteiger charge is 2.26. The van der Waals surface area contributed by atoms with Crippen LogP contribution in [0.5, 0.6) is 0 Å². The second kappa shape index (κ2) is 5.35. The maximum atomic E-state index is 13.8. The summed E-state index contributed by atoms with van der Waals surface area (Å²) < 4.78 is 49.9. The molecule has 1 aliphatic heterocycles. The van der Waals surface area contributed by atoms with E-state index in [4.69, 9.17) is 5.73 Å². The number of amides is 1. The summed E-state index contributed by atoms with van der Waals surface area (Å²) in [7, 11) is -3.18. The monoisotopic (exact) mass is 304 g/mol. The van der Waals surface area contributed by atoms with Gasteiger partial charge in [-0.1, -0.05) is 0 Å². The summed E-state index contributed by atoms with van der Waals surface area (Å²) in [4.78, 5) is 13.4. The van der Waals surface area contributed by atoms with Crippen molar-refractivity contribution in [2.24, 2.45) is 0 Å². The van der Waals surface area contributed by atoms with Gasteiger partial charge in [-0.15, -0.1) is 0 Å². The van der Waals surface area contributed by atoms with Crippen LogP contribution in [0.1, 0.15) is 16.8 Å². The maximum Gasteiger partial charge on any atom is 0.257 e. The Labute approximate surface area is 115 Å². The van der Waals surface area contributed by atoms with Crippen LogP contribution < -0.4 is 5.73 Å². The van der Waals surface area contributed by atoms with E-state index in [9.17, 15) is 22.0 Å². The van der Waals surface area contributed by atoms with Crippen molar-refractivity contribution in [3.63, 3.8) is 0 Å². The van der Waals surface area contributed by atoms with Gasteiger partial charge in [0.15, 0.2) is 15.7 Å². The molecule has 1 fully saturated rings. The first-order chi connectivity index (χ1) is 9.30. The molecule has 1 amide bonds. The molecule has 0 spiro atoms. The van der Waals surface area contributed by atoms with E-state index in [-0.39, 0.29) is 31.0 Å². The highest BCUT2D eigenvalue weighted by Crippen LogP contribution is 2.20. The number of hydrogen-bond acceptors (Lipinski definition) is 4. The Kier molecular flexibility index (Phi) is 3.94. The van der Waals surface area contributed by atoms with Crippen LogP contribution in [0, 0.1) is 11.6 Å². The molecule has 2 rings (SSSR count). The number of nitrogens with zero attached hydrogens (tertiary/aromatic N) is 1. The van der Waals surface area contributed by atoms with Crippen molar-refractivity contribution in [3.8, 4) is 0 Å². The van der Waals surface area contributed by atoms with Crippen LogP contribution in [0.3, 0.4) is 0 Å². The summed E-state index contributed by atoms with van der Waals surface area (Å²) in [5.41, 5.74) is 4.36. The van der Waals surface area contributed by atoms with Gasteiger partial charge in [-0.3, -0.25) is 4.79 Å². The number of hydrogen-bond donors (Lipinski definition) is 1. The maximum absolute atomic E-state index is 13.8. The molecule has 0 saturated carbocycles. The quantitative estimate of drug-likeness (QED) is 0.779. The average Bonchev–Trinajstić information content (AvgIpc) is 2.54. The van der Waals surface area contributed by atoms with E-state index in [0.717, 1.165) is 12.1 Å². The minimum absolute atomic E-state index is 0.00937. The van der Waals surface area contributed by atoms with Gasteiger partial charge in [-0.2, -0.15) is 0 Å². The second-order valence-electron chi connectivity index (χ2n) is 4.65. The third-order valence-corrected chi connectivity index (χ3v) is 4.85. The van der Waals surface area contributed by atoms with Gasteiger partial charge in [0.1, 0.15) is 5.82 Å². The highest BCUT2D eigenvalue weighted by atomic mass is 32.2. The summed E-state index contributed by atoms with van der Waals surface area (Å²) in [5.74, 6) is -2.72. The number of nitrogens with two attached hydrogens (primary N) is 1. The Morgan fingerprint density at radius 1 is 1.20 bits per heavy atom. The van der Waals surface area contributed by atoms with Crippen LogP contribution in [0.4, 0.5) is 14.5 Å². The summed E-state index contributed by atoms with van der Waals surface area (Å²) in [6.45, 7) is 0.158. The lowest BCUT2D eigenvalue weighted by molar-refractivity contribution is 0.0763. The summed E-state index contributed by atoms with van der Waals surface area (Å²) in [6, 6.07) is 1.56. The Hall–Kier alpha value is -1.70. The molecule has 0 unspecified atom stereocenters. The number of sulfone groups is 1. The van der Waals surface area contributed by atoms with Crippen LogP contribution in [0.25, 0.3) is 0 Å². The van der Waals surface area contributed by atoms with Gasteiger partial charge in [-0.05, 0) is 18.6 Å².